The van der Waals surface area contributed by atoms with Crippen molar-refractivity contribution in [3.8, 4) is 0 Å². The van der Waals surface area contributed by atoms with Crippen LogP contribution in [0.5, 0.6) is 0 Å². The Morgan fingerprint density at radius 2 is 1.83 bits per heavy atom. The Hall–Kier alpha value is -2.33. The summed E-state index contributed by atoms with van der Waals surface area (Å²) in [7, 11) is 0. The van der Waals surface area contributed by atoms with Crippen molar-refractivity contribution in [2.45, 2.75) is 31.8 Å². The molecule has 23 heavy (non-hydrogen) atoms. The van der Waals surface area contributed by atoms with Crippen LogP contribution in [0.25, 0.3) is 0 Å². The van der Waals surface area contributed by atoms with Crippen molar-refractivity contribution in [2.24, 2.45) is 0 Å². The van der Waals surface area contributed by atoms with Gasteiger partial charge in [0, 0.05) is 17.8 Å². The second-order valence-corrected chi connectivity index (χ2v) is 6.09. The van der Waals surface area contributed by atoms with Crippen LogP contribution in [0.1, 0.15) is 30.1 Å². The summed E-state index contributed by atoms with van der Waals surface area (Å²) in [6.07, 6.45) is 1.95. The monoisotopic (exact) mass is 309 g/mol. The smallest absolute Gasteiger partial charge is 0.253 e. The minimum absolute atomic E-state index is 0.0110. The average Bonchev–Trinajstić information content (AvgIpc) is 2.56. The Morgan fingerprint density at radius 3 is 2.61 bits per heavy atom. The van der Waals surface area contributed by atoms with Gasteiger partial charge in [0.05, 0.1) is 11.3 Å². The minimum atomic E-state index is -0.0110. The molecule has 3 rings (SSSR count). The van der Waals surface area contributed by atoms with E-state index < -0.39 is 0 Å². The molecule has 0 spiro atoms. The molecule has 0 saturated carbocycles. The van der Waals surface area contributed by atoms with E-state index in [1.165, 1.54) is 0 Å². The van der Waals surface area contributed by atoms with Crippen molar-refractivity contribution in [3.05, 3.63) is 60.2 Å². The van der Waals surface area contributed by atoms with Gasteiger partial charge >= 0.3 is 0 Å². The van der Waals surface area contributed by atoms with Crippen LogP contribution in [0.3, 0.4) is 0 Å². The van der Waals surface area contributed by atoms with Crippen molar-refractivity contribution in [1.82, 2.24) is 10.6 Å². The van der Waals surface area contributed by atoms with Crippen LogP contribution in [-0.2, 0) is 0 Å². The van der Waals surface area contributed by atoms with Gasteiger partial charge in [-0.15, -0.1) is 0 Å². The molecule has 0 radical (unpaired) electrons. The molecule has 4 heteroatoms. The second kappa shape index (κ2) is 7.29. The maximum Gasteiger partial charge on any atom is 0.253 e. The number of anilines is 2. The molecule has 2 aromatic carbocycles. The number of para-hydroxylation sites is 2. The van der Waals surface area contributed by atoms with Crippen molar-refractivity contribution in [3.63, 3.8) is 0 Å². The van der Waals surface area contributed by atoms with Gasteiger partial charge in [0.15, 0.2) is 0 Å². The molecule has 1 aliphatic rings. The highest BCUT2D eigenvalue weighted by Gasteiger charge is 2.21. The SMILES string of the molecule is CC1CC(NC(=O)c2ccccc2Nc2ccccc2)CCN1. The highest BCUT2D eigenvalue weighted by atomic mass is 16.1. The first kappa shape index (κ1) is 15.6. The molecule has 1 amide bonds. The van der Waals surface area contributed by atoms with Gasteiger partial charge in [-0.1, -0.05) is 30.3 Å². The molecular formula is C19H23N3O. The van der Waals surface area contributed by atoms with E-state index in [4.69, 9.17) is 0 Å². The van der Waals surface area contributed by atoms with E-state index in [2.05, 4.69) is 22.9 Å². The average molecular weight is 309 g/mol. The Bertz CT molecular complexity index is 657. The van der Waals surface area contributed by atoms with Crippen LogP contribution in [0.15, 0.2) is 54.6 Å². The topological polar surface area (TPSA) is 53.2 Å². The number of nitrogens with one attached hydrogen (secondary N) is 3. The fraction of sp³-hybridized carbons (Fsp3) is 0.316. The van der Waals surface area contributed by atoms with Crippen molar-refractivity contribution in [1.29, 1.82) is 0 Å². The zero-order chi connectivity index (χ0) is 16.1. The molecule has 4 nitrogen and oxygen atoms in total. The molecule has 2 unspecified atom stereocenters. The molecule has 1 fully saturated rings. The minimum Gasteiger partial charge on any atom is -0.355 e. The second-order valence-electron chi connectivity index (χ2n) is 6.09. The van der Waals surface area contributed by atoms with Gasteiger partial charge in [0.1, 0.15) is 0 Å². The molecule has 120 valence electrons. The Labute approximate surface area is 137 Å². The Kier molecular flexibility index (Phi) is 4.93. The quantitative estimate of drug-likeness (QED) is 0.812. The summed E-state index contributed by atoms with van der Waals surface area (Å²) in [6.45, 7) is 3.11. The van der Waals surface area contributed by atoms with Gasteiger partial charge in [-0.3, -0.25) is 4.79 Å². The van der Waals surface area contributed by atoms with E-state index in [9.17, 15) is 4.79 Å². The number of piperidine rings is 1. The summed E-state index contributed by atoms with van der Waals surface area (Å²) < 4.78 is 0. The van der Waals surface area contributed by atoms with E-state index in [0.717, 1.165) is 30.8 Å². The van der Waals surface area contributed by atoms with Crippen molar-refractivity contribution < 1.29 is 4.79 Å². The lowest BCUT2D eigenvalue weighted by Crippen LogP contribution is -2.46. The molecular weight excluding hydrogens is 286 g/mol. The van der Waals surface area contributed by atoms with Crippen molar-refractivity contribution in [2.75, 3.05) is 11.9 Å². The van der Waals surface area contributed by atoms with Crippen LogP contribution in [-0.4, -0.2) is 24.5 Å². The van der Waals surface area contributed by atoms with E-state index in [1.54, 1.807) is 0 Å². The standard InChI is InChI=1S/C19H23N3O/c1-14-13-16(11-12-20-14)22-19(23)17-9-5-6-10-18(17)21-15-7-3-2-4-8-15/h2-10,14,16,20-21H,11-13H2,1H3,(H,22,23). The number of rotatable bonds is 4. The van der Waals surface area contributed by atoms with E-state index in [0.29, 0.717) is 11.6 Å². The highest BCUT2D eigenvalue weighted by molar-refractivity contribution is 6.00. The van der Waals surface area contributed by atoms with E-state index in [1.807, 2.05) is 54.6 Å². The molecule has 0 bridgehead atoms. The number of amides is 1. The van der Waals surface area contributed by atoms with E-state index in [-0.39, 0.29) is 11.9 Å². The number of benzene rings is 2. The van der Waals surface area contributed by atoms with Crippen LogP contribution in [0.4, 0.5) is 11.4 Å². The molecule has 1 heterocycles. The molecule has 2 aromatic rings. The maximum atomic E-state index is 12.7. The molecule has 1 aliphatic heterocycles. The molecule has 3 N–H and O–H groups in total. The third kappa shape index (κ3) is 4.11. The number of carbonyl (C=O) groups excluding carboxylic acids is 1. The van der Waals surface area contributed by atoms with Gasteiger partial charge in [0.2, 0.25) is 0 Å². The van der Waals surface area contributed by atoms with Crippen LogP contribution >= 0.6 is 0 Å². The van der Waals surface area contributed by atoms with Gasteiger partial charge in [-0.2, -0.15) is 0 Å². The third-order valence-corrected chi connectivity index (χ3v) is 4.18. The normalized spacial score (nSPS) is 20.7. The van der Waals surface area contributed by atoms with Crippen LogP contribution < -0.4 is 16.0 Å². The molecule has 0 aliphatic carbocycles. The first-order valence-electron chi connectivity index (χ1n) is 8.18. The Morgan fingerprint density at radius 1 is 1.09 bits per heavy atom. The predicted octanol–water partition coefficient (Wildman–Crippen LogP) is 3.30. The summed E-state index contributed by atoms with van der Waals surface area (Å²) in [4.78, 5) is 12.7. The third-order valence-electron chi connectivity index (χ3n) is 4.18. The molecule has 0 aromatic heterocycles. The summed E-state index contributed by atoms with van der Waals surface area (Å²) in [5, 5.41) is 9.90. The van der Waals surface area contributed by atoms with E-state index >= 15 is 0 Å². The summed E-state index contributed by atoms with van der Waals surface area (Å²) >= 11 is 0. The number of carbonyl (C=O) groups is 1. The summed E-state index contributed by atoms with van der Waals surface area (Å²) in [6, 6.07) is 18.2. The van der Waals surface area contributed by atoms with Gasteiger partial charge in [-0.05, 0) is 50.6 Å². The van der Waals surface area contributed by atoms with Gasteiger partial charge in [-0.25, -0.2) is 0 Å². The van der Waals surface area contributed by atoms with Crippen LogP contribution in [0.2, 0.25) is 0 Å². The predicted molar refractivity (Wildman–Crippen MR) is 94.1 cm³/mol. The lowest BCUT2D eigenvalue weighted by atomic mass is 10.00. The first-order valence-corrected chi connectivity index (χ1v) is 8.18. The number of hydrogen-bond acceptors (Lipinski definition) is 3. The fourth-order valence-corrected chi connectivity index (χ4v) is 2.99. The van der Waals surface area contributed by atoms with Gasteiger partial charge in [0.25, 0.3) is 5.91 Å². The summed E-state index contributed by atoms with van der Waals surface area (Å²) in [5.74, 6) is -0.0110. The van der Waals surface area contributed by atoms with Crippen molar-refractivity contribution >= 4 is 17.3 Å². The maximum absolute atomic E-state index is 12.7. The summed E-state index contributed by atoms with van der Waals surface area (Å²) in [5.41, 5.74) is 2.49. The Balaban J connectivity index is 1.73. The first-order chi connectivity index (χ1) is 11.2. The lowest BCUT2D eigenvalue weighted by molar-refractivity contribution is 0.0926. The lowest BCUT2D eigenvalue weighted by Gasteiger charge is -2.28. The largest absolute Gasteiger partial charge is 0.355 e. The zero-order valence-corrected chi connectivity index (χ0v) is 13.4. The van der Waals surface area contributed by atoms with Gasteiger partial charge < -0.3 is 16.0 Å². The number of hydrogen-bond donors (Lipinski definition) is 3. The zero-order valence-electron chi connectivity index (χ0n) is 13.4. The highest BCUT2D eigenvalue weighted by Crippen LogP contribution is 2.21. The fourth-order valence-electron chi connectivity index (χ4n) is 2.99. The van der Waals surface area contributed by atoms with Crippen LogP contribution in [0, 0.1) is 0 Å². The molecule has 2 atom stereocenters. The molecule has 1 saturated heterocycles.